The molecule has 0 N–H and O–H groups in total. The van der Waals surface area contributed by atoms with Crippen LogP contribution in [0.1, 0.15) is 16.8 Å². The Balaban J connectivity index is 2.76. The number of halogens is 3. The number of pyridine rings is 1. The maximum absolute atomic E-state index is 12.5. The maximum Gasteiger partial charge on any atom is 0.417 e. The molecule has 0 aliphatic rings. The first-order valence-electron chi connectivity index (χ1n) is 4.41. The first kappa shape index (κ1) is 10.0. The monoisotopic (exact) mass is 214 g/mol. The third kappa shape index (κ3) is 1.58. The van der Waals surface area contributed by atoms with Crippen molar-refractivity contribution in [3.8, 4) is 0 Å². The van der Waals surface area contributed by atoms with Crippen molar-refractivity contribution < 1.29 is 13.2 Å². The van der Waals surface area contributed by atoms with Crippen LogP contribution in [0.2, 0.25) is 0 Å². The van der Waals surface area contributed by atoms with Crippen LogP contribution in [0.3, 0.4) is 0 Å². The number of aromatic nitrogens is 2. The van der Waals surface area contributed by atoms with E-state index in [2.05, 4.69) is 4.98 Å². The molecule has 0 radical (unpaired) electrons. The van der Waals surface area contributed by atoms with Gasteiger partial charge in [-0.05, 0) is 25.5 Å². The van der Waals surface area contributed by atoms with Crippen molar-refractivity contribution in [2.75, 3.05) is 0 Å². The van der Waals surface area contributed by atoms with Crippen LogP contribution < -0.4 is 0 Å². The summed E-state index contributed by atoms with van der Waals surface area (Å²) in [6.45, 7) is 3.34. The molecule has 2 aromatic heterocycles. The number of hydrogen-bond acceptors (Lipinski definition) is 1. The molecule has 0 aliphatic heterocycles. The van der Waals surface area contributed by atoms with Crippen LogP contribution in [0.5, 0.6) is 0 Å². The molecule has 2 heterocycles. The van der Waals surface area contributed by atoms with Crippen LogP contribution >= 0.6 is 0 Å². The number of hydrogen-bond donors (Lipinski definition) is 0. The molecular formula is C10H9F3N2. The van der Waals surface area contributed by atoms with E-state index in [0.717, 1.165) is 12.3 Å². The van der Waals surface area contributed by atoms with E-state index < -0.39 is 11.7 Å². The molecule has 2 nitrogen and oxygen atoms in total. The zero-order chi connectivity index (χ0) is 11.2. The number of nitrogens with zero attached hydrogens (tertiary/aromatic N) is 2. The zero-order valence-electron chi connectivity index (χ0n) is 8.26. The molecular weight excluding hydrogens is 205 g/mol. The summed E-state index contributed by atoms with van der Waals surface area (Å²) >= 11 is 0. The molecule has 0 saturated carbocycles. The van der Waals surface area contributed by atoms with Gasteiger partial charge in [0.25, 0.3) is 0 Å². The predicted molar refractivity (Wildman–Crippen MR) is 49.7 cm³/mol. The molecule has 0 amide bonds. The van der Waals surface area contributed by atoms with Crippen LogP contribution in [-0.2, 0) is 6.18 Å². The third-order valence-electron chi connectivity index (χ3n) is 2.30. The minimum absolute atomic E-state index is 0.526. The lowest BCUT2D eigenvalue weighted by Crippen LogP contribution is -2.07. The van der Waals surface area contributed by atoms with Crippen LogP contribution in [0.25, 0.3) is 5.65 Å². The van der Waals surface area contributed by atoms with E-state index in [4.69, 9.17) is 0 Å². The van der Waals surface area contributed by atoms with Gasteiger partial charge in [-0.25, -0.2) is 4.98 Å². The summed E-state index contributed by atoms with van der Waals surface area (Å²) in [5.74, 6) is 0. The smallest absolute Gasteiger partial charge is 0.304 e. The topological polar surface area (TPSA) is 17.3 Å². The molecule has 0 fully saturated rings. The van der Waals surface area contributed by atoms with Crippen molar-refractivity contribution in [2.45, 2.75) is 20.0 Å². The summed E-state index contributed by atoms with van der Waals surface area (Å²) in [6, 6.07) is 1.11. The predicted octanol–water partition coefficient (Wildman–Crippen LogP) is 2.97. The van der Waals surface area contributed by atoms with Crippen LogP contribution in [-0.4, -0.2) is 9.38 Å². The molecule has 0 spiro atoms. The van der Waals surface area contributed by atoms with Gasteiger partial charge < -0.3 is 4.40 Å². The van der Waals surface area contributed by atoms with Crippen LogP contribution in [0, 0.1) is 13.8 Å². The summed E-state index contributed by atoms with van der Waals surface area (Å²) in [5.41, 5.74) is 1.14. The van der Waals surface area contributed by atoms with Crippen molar-refractivity contribution in [1.82, 2.24) is 9.38 Å². The molecule has 0 atom stereocenters. The van der Waals surface area contributed by atoms with E-state index in [1.165, 1.54) is 4.40 Å². The van der Waals surface area contributed by atoms with Gasteiger partial charge in [0.2, 0.25) is 0 Å². The molecule has 15 heavy (non-hydrogen) atoms. The Morgan fingerprint density at radius 3 is 2.53 bits per heavy atom. The molecule has 2 aromatic rings. The molecule has 2 rings (SSSR count). The number of aryl methyl sites for hydroxylation is 2. The molecule has 80 valence electrons. The average molecular weight is 214 g/mol. The molecule has 0 aromatic carbocycles. The lowest BCUT2D eigenvalue weighted by atomic mass is 10.2. The normalized spacial score (nSPS) is 12.3. The zero-order valence-corrected chi connectivity index (χ0v) is 8.26. The largest absolute Gasteiger partial charge is 0.417 e. The van der Waals surface area contributed by atoms with Crippen molar-refractivity contribution in [3.05, 3.63) is 35.3 Å². The minimum Gasteiger partial charge on any atom is -0.304 e. The Kier molecular flexibility index (Phi) is 1.99. The third-order valence-corrected chi connectivity index (χ3v) is 2.30. The number of alkyl halides is 3. The van der Waals surface area contributed by atoms with E-state index in [0.29, 0.717) is 16.9 Å². The van der Waals surface area contributed by atoms with Gasteiger partial charge in [-0.1, -0.05) is 0 Å². The second kappa shape index (κ2) is 2.98. The van der Waals surface area contributed by atoms with Crippen LogP contribution in [0.15, 0.2) is 18.5 Å². The van der Waals surface area contributed by atoms with Gasteiger partial charge >= 0.3 is 6.18 Å². The second-order valence-electron chi connectivity index (χ2n) is 3.50. The van der Waals surface area contributed by atoms with Gasteiger partial charge in [0.05, 0.1) is 5.56 Å². The highest BCUT2D eigenvalue weighted by Crippen LogP contribution is 2.30. The summed E-state index contributed by atoms with van der Waals surface area (Å²) < 4.78 is 39.0. The standard InChI is InChI=1S/C10H9F3N2/c1-6-3-8(10(11,12)13)5-15-7(2)4-14-9(6)15/h3-5H,1-2H3. The van der Waals surface area contributed by atoms with Crippen molar-refractivity contribution in [1.29, 1.82) is 0 Å². The van der Waals surface area contributed by atoms with E-state index in [1.54, 1.807) is 20.0 Å². The highest BCUT2D eigenvalue weighted by atomic mass is 19.4. The van der Waals surface area contributed by atoms with Crippen molar-refractivity contribution in [3.63, 3.8) is 0 Å². The fourth-order valence-electron chi connectivity index (χ4n) is 1.53. The Morgan fingerprint density at radius 2 is 1.93 bits per heavy atom. The highest BCUT2D eigenvalue weighted by Gasteiger charge is 2.31. The van der Waals surface area contributed by atoms with E-state index in [9.17, 15) is 13.2 Å². The average Bonchev–Trinajstić information content (AvgIpc) is 2.47. The number of fused-ring (bicyclic) bond motifs is 1. The molecule has 0 saturated heterocycles. The van der Waals surface area contributed by atoms with E-state index in [1.807, 2.05) is 0 Å². The summed E-state index contributed by atoms with van der Waals surface area (Å²) in [4.78, 5) is 4.04. The van der Waals surface area contributed by atoms with E-state index in [-0.39, 0.29) is 0 Å². The molecule has 0 unspecified atom stereocenters. The quantitative estimate of drug-likeness (QED) is 0.659. The SMILES string of the molecule is Cc1cc(C(F)(F)F)cn2c(C)cnc12. The molecule has 5 heteroatoms. The van der Waals surface area contributed by atoms with Gasteiger partial charge in [-0.15, -0.1) is 0 Å². The van der Waals surface area contributed by atoms with E-state index >= 15 is 0 Å². The van der Waals surface area contributed by atoms with Crippen LogP contribution in [0.4, 0.5) is 13.2 Å². The Labute approximate surface area is 84.4 Å². The second-order valence-corrected chi connectivity index (χ2v) is 3.50. The Bertz CT molecular complexity index is 511. The first-order chi connectivity index (χ1) is 6.89. The van der Waals surface area contributed by atoms with Gasteiger partial charge in [-0.2, -0.15) is 13.2 Å². The highest BCUT2D eigenvalue weighted by molar-refractivity contribution is 5.50. The fourth-order valence-corrected chi connectivity index (χ4v) is 1.53. The molecule has 0 bridgehead atoms. The number of rotatable bonds is 0. The van der Waals surface area contributed by atoms with Gasteiger partial charge in [0, 0.05) is 18.1 Å². The summed E-state index contributed by atoms with van der Waals surface area (Å²) in [5, 5.41) is 0. The van der Waals surface area contributed by atoms with Crippen molar-refractivity contribution in [2.24, 2.45) is 0 Å². The summed E-state index contributed by atoms with van der Waals surface area (Å²) in [7, 11) is 0. The van der Waals surface area contributed by atoms with Gasteiger partial charge in [-0.3, -0.25) is 0 Å². The minimum atomic E-state index is -4.31. The lowest BCUT2D eigenvalue weighted by Gasteiger charge is -2.09. The Morgan fingerprint density at radius 1 is 1.27 bits per heavy atom. The fraction of sp³-hybridized carbons (Fsp3) is 0.300. The van der Waals surface area contributed by atoms with Gasteiger partial charge in [0.1, 0.15) is 5.65 Å². The first-order valence-corrected chi connectivity index (χ1v) is 4.41. The number of imidazole rings is 1. The molecule has 0 aliphatic carbocycles. The summed E-state index contributed by atoms with van der Waals surface area (Å²) in [6.07, 6.45) is -1.68. The Hall–Kier alpha value is -1.52. The lowest BCUT2D eigenvalue weighted by molar-refractivity contribution is -0.137. The van der Waals surface area contributed by atoms with Gasteiger partial charge in [0.15, 0.2) is 0 Å². The maximum atomic E-state index is 12.5. The van der Waals surface area contributed by atoms with Crippen molar-refractivity contribution >= 4 is 5.65 Å².